The van der Waals surface area contributed by atoms with Crippen LogP contribution < -0.4 is 0 Å². The summed E-state index contributed by atoms with van der Waals surface area (Å²) in [6.07, 6.45) is 2.50. The lowest BCUT2D eigenvalue weighted by atomic mass is 9.74. The minimum Gasteiger partial charge on any atom is -0.385 e. The van der Waals surface area contributed by atoms with E-state index in [0.717, 1.165) is 24.8 Å². The molecular formula is C19H22O. The molecule has 0 radical (unpaired) electrons. The number of rotatable bonds is 1. The molecule has 1 unspecified atom stereocenters. The highest BCUT2D eigenvalue weighted by atomic mass is 16.3. The molecule has 1 heteroatoms. The van der Waals surface area contributed by atoms with Crippen LogP contribution in [0.3, 0.4) is 0 Å². The third-order valence-electron chi connectivity index (χ3n) is 4.75. The summed E-state index contributed by atoms with van der Waals surface area (Å²) in [6.45, 7) is 6.37. The lowest BCUT2D eigenvalue weighted by molar-refractivity contribution is 0.0216. The van der Waals surface area contributed by atoms with E-state index in [4.69, 9.17) is 0 Å². The Labute approximate surface area is 121 Å². The fourth-order valence-electron chi connectivity index (χ4n) is 3.41. The second kappa shape index (κ2) is 4.75. The fraction of sp³-hybridized carbons (Fsp3) is 0.368. The maximum absolute atomic E-state index is 11.2. The topological polar surface area (TPSA) is 20.2 Å². The van der Waals surface area contributed by atoms with E-state index in [2.05, 4.69) is 57.2 Å². The molecule has 1 atom stereocenters. The summed E-state index contributed by atoms with van der Waals surface area (Å²) in [7, 11) is 0. The fourth-order valence-corrected chi connectivity index (χ4v) is 3.41. The molecule has 1 aliphatic rings. The van der Waals surface area contributed by atoms with Crippen LogP contribution in [0.1, 0.15) is 39.8 Å². The summed E-state index contributed by atoms with van der Waals surface area (Å²) >= 11 is 0. The van der Waals surface area contributed by atoms with Crippen LogP contribution in [0.25, 0.3) is 0 Å². The summed E-state index contributed by atoms with van der Waals surface area (Å²) in [5.74, 6) is 0. The molecule has 0 aliphatic heterocycles. The Morgan fingerprint density at radius 2 is 1.55 bits per heavy atom. The van der Waals surface area contributed by atoms with Gasteiger partial charge in [0.1, 0.15) is 0 Å². The standard InChI is InChI=1S/C19H22O/c1-13-10-15(3)18(11-14(13)2)19(20)9-8-16-6-4-5-7-17(16)12-19/h4-7,10-11,20H,8-9,12H2,1-3H3. The molecule has 0 spiro atoms. The van der Waals surface area contributed by atoms with Gasteiger partial charge in [-0.1, -0.05) is 36.4 Å². The van der Waals surface area contributed by atoms with Gasteiger partial charge in [0.2, 0.25) is 0 Å². The highest BCUT2D eigenvalue weighted by Gasteiger charge is 2.34. The number of fused-ring (bicyclic) bond motifs is 1. The monoisotopic (exact) mass is 266 g/mol. The normalized spacial score (nSPS) is 21.6. The van der Waals surface area contributed by atoms with Crippen molar-refractivity contribution in [3.63, 3.8) is 0 Å². The predicted octanol–water partition coefficient (Wildman–Crippen LogP) is 3.99. The highest BCUT2D eigenvalue weighted by Crippen LogP contribution is 2.38. The van der Waals surface area contributed by atoms with E-state index in [1.807, 2.05) is 0 Å². The van der Waals surface area contributed by atoms with Crippen LogP contribution >= 0.6 is 0 Å². The molecule has 2 aromatic carbocycles. The summed E-state index contributed by atoms with van der Waals surface area (Å²) in [5.41, 5.74) is 6.84. The number of hydrogen-bond donors (Lipinski definition) is 1. The van der Waals surface area contributed by atoms with E-state index in [9.17, 15) is 5.11 Å². The predicted molar refractivity (Wildman–Crippen MR) is 83.0 cm³/mol. The van der Waals surface area contributed by atoms with Crippen molar-refractivity contribution in [2.24, 2.45) is 0 Å². The van der Waals surface area contributed by atoms with Crippen molar-refractivity contribution in [3.8, 4) is 0 Å². The van der Waals surface area contributed by atoms with Gasteiger partial charge >= 0.3 is 0 Å². The summed E-state index contributed by atoms with van der Waals surface area (Å²) in [4.78, 5) is 0. The van der Waals surface area contributed by atoms with Crippen LogP contribution in [0.4, 0.5) is 0 Å². The largest absolute Gasteiger partial charge is 0.385 e. The van der Waals surface area contributed by atoms with Crippen molar-refractivity contribution >= 4 is 0 Å². The Morgan fingerprint density at radius 3 is 2.30 bits per heavy atom. The minimum atomic E-state index is -0.711. The minimum absolute atomic E-state index is 0.711. The van der Waals surface area contributed by atoms with Crippen LogP contribution in [0.5, 0.6) is 0 Å². The molecule has 20 heavy (non-hydrogen) atoms. The Hall–Kier alpha value is -1.60. The van der Waals surface area contributed by atoms with E-state index >= 15 is 0 Å². The molecule has 1 nitrogen and oxygen atoms in total. The Morgan fingerprint density at radius 1 is 0.900 bits per heavy atom. The zero-order valence-electron chi connectivity index (χ0n) is 12.5. The molecule has 2 aromatic rings. The Kier molecular flexibility index (Phi) is 3.18. The summed E-state index contributed by atoms with van der Waals surface area (Å²) in [5, 5.41) is 11.2. The van der Waals surface area contributed by atoms with Crippen LogP contribution in [0.2, 0.25) is 0 Å². The van der Waals surface area contributed by atoms with Crippen molar-refractivity contribution in [2.75, 3.05) is 0 Å². The third-order valence-corrected chi connectivity index (χ3v) is 4.75. The van der Waals surface area contributed by atoms with E-state index in [1.165, 1.54) is 27.8 Å². The zero-order valence-corrected chi connectivity index (χ0v) is 12.5. The zero-order chi connectivity index (χ0) is 14.3. The summed E-state index contributed by atoms with van der Waals surface area (Å²) < 4.78 is 0. The van der Waals surface area contributed by atoms with Gasteiger partial charge in [0.15, 0.2) is 0 Å². The SMILES string of the molecule is Cc1cc(C)c(C2(O)CCc3ccccc3C2)cc1C. The average Bonchev–Trinajstić information content (AvgIpc) is 2.42. The highest BCUT2D eigenvalue weighted by molar-refractivity contribution is 5.43. The van der Waals surface area contributed by atoms with Crippen LogP contribution in [-0.2, 0) is 18.4 Å². The number of benzene rings is 2. The average molecular weight is 266 g/mol. The Balaban J connectivity index is 2.05. The van der Waals surface area contributed by atoms with Gasteiger partial charge in [-0.3, -0.25) is 0 Å². The first-order chi connectivity index (χ1) is 9.49. The second-order valence-electron chi connectivity index (χ2n) is 6.23. The first-order valence-electron chi connectivity index (χ1n) is 7.37. The van der Waals surface area contributed by atoms with Gasteiger partial charge in [-0.15, -0.1) is 0 Å². The number of aryl methyl sites for hydroxylation is 4. The quantitative estimate of drug-likeness (QED) is 0.827. The maximum atomic E-state index is 11.2. The van der Waals surface area contributed by atoms with Crippen LogP contribution in [-0.4, -0.2) is 5.11 Å². The van der Waals surface area contributed by atoms with Gasteiger partial charge in [-0.05, 0) is 67.0 Å². The Bertz CT molecular complexity index is 657. The van der Waals surface area contributed by atoms with Crippen LogP contribution in [0.15, 0.2) is 36.4 Å². The third kappa shape index (κ3) is 2.16. The first kappa shape index (κ1) is 13.4. The molecule has 0 saturated carbocycles. The van der Waals surface area contributed by atoms with Gasteiger partial charge in [0.25, 0.3) is 0 Å². The molecule has 0 bridgehead atoms. The van der Waals surface area contributed by atoms with E-state index in [0.29, 0.717) is 0 Å². The molecule has 0 fully saturated rings. The van der Waals surface area contributed by atoms with Crippen molar-refractivity contribution < 1.29 is 5.11 Å². The van der Waals surface area contributed by atoms with Crippen molar-refractivity contribution in [2.45, 2.75) is 45.6 Å². The van der Waals surface area contributed by atoms with E-state index < -0.39 is 5.60 Å². The van der Waals surface area contributed by atoms with Crippen molar-refractivity contribution in [1.29, 1.82) is 0 Å². The maximum Gasteiger partial charge on any atom is 0.0942 e. The molecule has 3 rings (SSSR count). The molecule has 104 valence electrons. The summed E-state index contributed by atoms with van der Waals surface area (Å²) in [6, 6.07) is 12.9. The molecule has 0 aromatic heterocycles. The van der Waals surface area contributed by atoms with Crippen LogP contribution in [0, 0.1) is 20.8 Å². The van der Waals surface area contributed by atoms with Gasteiger partial charge in [-0.25, -0.2) is 0 Å². The van der Waals surface area contributed by atoms with Gasteiger partial charge in [0.05, 0.1) is 5.60 Å². The molecule has 0 amide bonds. The second-order valence-corrected chi connectivity index (χ2v) is 6.23. The molecule has 1 aliphatic carbocycles. The number of aliphatic hydroxyl groups is 1. The molecule has 0 saturated heterocycles. The lowest BCUT2D eigenvalue weighted by Gasteiger charge is -2.35. The molecular weight excluding hydrogens is 244 g/mol. The van der Waals surface area contributed by atoms with E-state index in [-0.39, 0.29) is 0 Å². The van der Waals surface area contributed by atoms with Crippen molar-refractivity contribution in [3.05, 3.63) is 69.8 Å². The van der Waals surface area contributed by atoms with E-state index in [1.54, 1.807) is 0 Å². The molecule has 0 heterocycles. The first-order valence-corrected chi connectivity index (χ1v) is 7.37. The smallest absolute Gasteiger partial charge is 0.0942 e. The lowest BCUT2D eigenvalue weighted by Crippen LogP contribution is -2.34. The van der Waals surface area contributed by atoms with Crippen molar-refractivity contribution in [1.82, 2.24) is 0 Å². The van der Waals surface area contributed by atoms with Gasteiger partial charge in [0, 0.05) is 6.42 Å². The van der Waals surface area contributed by atoms with Gasteiger partial charge < -0.3 is 5.11 Å². The number of hydrogen-bond acceptors (Lipinski definition) is 1. The van der Waals surface area contributed by atoms with Gasteiger partial charge in [-0.2, -0.15) is 0 Å². The molecule has 1 N–H and O–H groups in total.